The predicted octanol–water partition coefficient (Wildman–Crippen LogP) is 1.96. The van der Waals surface area contributed by atoms with Gasteiger partial charge in [0.2, 0.25) is 15.9 Å². The average molecular weight is 298 g/mol. The van der Waals surface area contributed by atoms with Crippen LogP contribution >= 0.6 is 0 Å². The number of aryl methyl sites for hydroxylation is 2. The third kappa shape index (κ3) is 5.71. The lowest BCUT2D eigenvalue weighted by atomic mass is 10.1. The van der Waals surface area contributed by atoms with Crippen LogP contribution in [0.5, 0.6) is 0 Å². The van der Waals surface area contributed by atoms with Crippen molar-refractivity contribution in [3.8, 4) is 0 Å². The first-order chi connectivity index (χ1) is 9.34. The summed E-state index contributed by atoms with van der Waals surface area (Å²) < 4.78 is 25.4. The zero-order valence-corrected chi connectivity index (χ0v) is 13.0. The van der Waals surface area contributed by atoms with Gasteiger partial charge >= 0.3 is 0 Å². The van der Waals surface area contributed by atoms with Crippen LogP contribution in [-0.2, 0) is 14.8 Å². The summed E-state index contributed by atoms with van der Waals surface area (Å²) in [6, 6.07) is 5.67. The molecule has 0 unspecified atom stereocenters. The number of carbonyl (C=O) groups excluding carboxylic acids is 1. The molecule has 0 saturated carbocycles. The minimum Gasteiger partial charge on any atom is -0.325 e. The molecule has 2 N–H and O–H groups in total. The van der Waals surface area contributed by atoms with E-state index >= 15 is 0 Å². The van der Waals surface area contributed by atoms with Crippen LogP contribution in [0.2, 0.25) is 0 Å². The van der Waals surface area contributed by atoms with Gasteiger partial charge in [0.25, 0.3) is 0 Å². The van der Waals surface area contributed by atoms with E-state index in [0.717, 1.165) is 17.5 Å². The van der Waals surface area contributed by atoms with Gasteiger partial charge in [0.1, 0.15) is 0 Å². The van der Waals surface area contributed by atoms with Crippen molar-refractivity contribution >= 4 is 21.6 Å². The molecule has 0 aliphatic carbocycles. The number of anilines is 1. The Hall–Kier alpha value is -1.40. The number of rotatable bonds is 7. The van der Waals surface area contributed by atoms with Gasteiger partial charge in [-0.2, -0.15) is 0 Å². The van der Waals surface area contributed by atoms with Crippen molar-refractivity contribution in [3.05, 3.63) is 29.3 Å². The number of hydrogen-bond donors (Lipinski definition) is 2. The van der Waals surface area contributed by atoms with Crippen molar-refractivity contribution in [2.75, 3.05) is 17.6 Å². The molecule has 1 amide bonds. The molecule has 0 aromatic heterocycles. The zero-order chi connectivity index (χ0) is 15.2. The molecule has 5 nitrogen and oxygen atoms in total. The van der Waals surface area contributed by atoms with Gasteiger partial charge in [0, 0.05) is 5.69 Å². The van der Waals surface area contributed by atoms with E-state index in [2.05, 4.69) is 10.0 Å². The van der Waals surface area contributed by atoms with Crippen LogP contribution in [0.4, 0.5) is 5.69 Å². The van der Waals surface area contributed by atoms with E-state index < -0.39 is 10.0 Å². The molecular formula is C14H22N2O3S. The fraction of sp³-hybridized carbons (Fsp3) is 0.500. The normalized spacial score (nSPS) is 11.3. The van der Waals surface area contributed by atoms with E-state index in [4.69, 9.17) is 0 Å². The number of unbranched alkanes of at least 4 members (excludes halogenated alkanes) is 1. The Morgan fingerprint density at radius 3 is 2.55 bits per heavy atom. The smallest absolute Gasteiger partial charge is 0.239 e. The van der Waals surface area contributed by atoms with E-state index in [0.29, 0.717) is 12.1 Å². The molecule has 0 atom stereocenters. The maximum Gasteiger partial charge on any atom is 0.239 e. The van der Waals surface area contributed by atoms with Crippen LogP contribution in [0, 0.1) is 13.8 Å². The number of amides is 1. The van der Waals surface area contributed by atoms with Crippen LogP contribution in [0.25, 0.3) is 0 Å². The number of sulfonamides is 1. The van der Waals surface area contributed by atoms with Gasteiger partial charge in [-0.25, -0.2) is 13.1 Å². The van der Waals surface area contributed by atoms with Crippen LogP contribution in [0.15, 0.2) is 18.2 Å². The molecule has 0 heterocycles. The maximum absolute atomic E-state index is 11.7. The topological polar surface area (TPSA) is 75.3 Å². The highest BCUT2D eigenvalue weighted by atomic mass is 32.2. The van der Waals surface area contributed by atoms with E-state index in [1.165, 1.54) is 0 Å². The first kappa shape index (κ1) is 16.7. The summed E-state index contributed by atoms with van der Waals surface area (Å²) in [5.74, 6) is -0.308. The van der Waals surface area contributed by atoms with Crippen molar-refractivity contribution < 1.29 is 13.2 Å². The van der Waals surface area contributed by atoms with Crippen molar-refractivity contribution in [2.24, 2.45) is 0 Å². The predicted molar refractivity (Wildman–Crippen MR) is 81.2 cm³/mol. The number of hydrogen-bond acceptors (Lipinski definition) is 3. The lowest BCUT2D eigenvalue weighted by molar-refractivity contribution is -0.115. The molecule has 0 aliphatic heterocycles. The standard InChI is InChI=1S/C14H22N2O3S/c1-4-5-8-20(18,19)15-10-14(17)16-13-7-6-11(2)9-12(13)3/h6-7,9,15H,4-5,8,10H2,1-3H3,(H,16,17). The zero-order valence-electron chi connectivity index (χ0n) is 12.2. The highest BCUT2D eigenvalue weighted by Crippen LogP contribution is 2.15. The van der Waals surface area contributed by atoms with Crippen LogP contribution in [0.3, 0.4) is 0 Å². The second-order valence-electron chi connectivity index (χ2n) is 4.86. The fourth-order valence-electron chi connectivity index (χ4n) is 1.73. The van der Waals surface area contributed by atoms with Gasteiger partial charge in [-0.15, -0.1) is 0 Å². The van der Waals surface area contributed by atoms with E-state index in [1.54, 1.807) is 0 Å². The summed E-state index contributed by atoms with van der Waals surface area (Å²) in [6.45, 7) is 5.55. The Kier molecular flexibility index (Phi) is 6.16. The SMILES string of the molecule is CCCCS(=O)(=O)NCC(=O)Nc1ccc(C)cc1C. The monoisotopic (exact) mass is 298 g/mol. The van der Waals surface area contributed by atoms with Gasteiger partial charge in [-0.1, -0.05) is 31.0 Å². The minimum atomic E-state index is -3.36. The van der Waals surface area contributed by atoms with Gasteiger partial charge in [-0.05, 0) is 31.9 Å². The molecular weight excluding hydrogens is 276 g/mol. The lowest BCUT2D eigenvalue weighted by Gasteiger charge is -2.10. The summed E-state index contributed by atoms with van der Waals surface area (Å²) >= 11 is 0. The van der Waals surface area contributed by atoms with E-state index in [-0.39, 0.29) is 18.2 Å². The summed E-state index contributed by atoms with van der Waals surface area (Å²) in [5.41, 5.74) is 2.77. The molecule has 1 aromatic rings. The molecule has 0 saturated heterocycles. The second-order valence-corrected chi connectivity index (χ2v) is 6.79. The van der Waals surface area contributed by atoms with Crippen molar-refractivity contribution in [1.29, 1.82) is 0 Å². The lowest BCUT2D eigenvalue weighted by Crippen LogP contribution is -2.34. The summed E-state index contributed by atoms with van der Waals surface area (Å²) in [6.07, 6.45) is 1.39. The Labute approximate surface area is 120 Å². The Morgan fingerprint density at radius 1 is 1.25 bits per heavy atom. The Balaban J connectivity index is 2.52. The fourth-order valence-corrected chi connectivity index (χ4v) is 2.89. The molecule has 0 radical (unpaired) electrons. The van der Waals surface area contributed by atoms with Gasteiger partial charge < -0.3 is 5.32 Å². The van der Waals surface area contributed by atoms with Crippen LogP contribution in [-0.4, -0.2) is 26.6 Å². The second kappa shape index (κ2) is 7.40. The quantitative estimate of drug-likeness (QED) is 0.808. The van der Waals surface area contributed by atoms with Crippen molar-refractivity contribution in [1.82, 2.24) is 4.72 Å². The summed E-state index contributed by atoms with van der Waals surface area (Å²) in [5, 5.41) is 2.70. The third-order valence-electron chi connectivity index (χ3n) is 2.88. The number of benzene rings is 1. The third-order valence-corrected chi connectivity index (χ3v) is 4.29. The van der Waals surface area contributed by atoms with Crippen LogP contribution < -0.4 is 10.0 Å². The van der Waals surface area contributed by atoms with Crippen molar-refractivity contribution in [2.45, 2.75) is 33.6 Å². The highest BCUT2D eigenvalue weighted by molar-refractivity contribution is 7.89. The average Bonchev–Trinajstić information content (AvgIpc) is 2.38. The van der Waals surface area contributed by atoms with Gasteiger partial charge in [-0.3, -0.25) is 4.79 Å². The first-order valence-corrected chi connectivity index (χ1v) is 8.33. The molecule has 1 aromatic carbocycles. The Morgan fingerprint density at radius 2 is 1.95 bits per heavy atom. The molecule has 0 bridgehead atoms. The molecule has 0 aliphatic rings. The Bertz CT molecular complexity index is 568. The molecule has 0 spiro atoms. The molecule has 0 fully saturated rings. The molecule has 1 rings (SSSR count). The summed E-state index contributed by atoms with van der Waals surface area (Å²) in [4.78, 5) is 11.7. The largest absolute Gasteiger partial charge is 0.325 e. The van der Waals surface area contributed by atoms with E-state index in [1.807, 2.05) is 39.0 Å². The highest BCUT2D eigenvalue weighted by Gasteiger charge is 2.12. The minimum absolute atomic E-state index is 0.0559. The van der Waals surface area contributed by atoms with Crippen LogP contribution in [0.1, 0.15) is 30.9 Å². The van der Waals surface area contributed by atoms with E-state index in [9.17, 15) is 13.2 Å². The van der Waals surface area contributed by atoms with Crippen molar-refractivity contribution in [3.63, 3.8) is 0 Å². The maximum atomic E-state index is 11.7. The molecule has 20 heavy (non-hydrogen) atoms. The number of carbonyl (C=O) groups is 1. The number of nitrogens with one attached hydrogen (secondary N) is 2. The van der Waals surface area contributed by atoms with Gasteiger partial charge in [0.05, 0.1) is 12.3 Å². The molecule has 112 valence electrons. The first-order valence-electron chi connectivity index (χ1n) is 6.68. The molecule has 6 heteroatoms. The summed E-state index contributed by atoms with van der Waals surface area (Å²) in [7, 11) is -3.36. The van der Waals surface area contributed by atoms with Gasteiger partial charge in [0.15, 0.2) is 0 Å².